The van der Waals surface area contributed by atoms with Crippen molar-refractivity contribution in [1.82, 2.24) is 14.9 Å². The molecule has 0 radical (unpaired) electrons. The van der Waals surface area contributed by atoms with Crippen molar-refractivity contribution < 1.29 is 14.3 Å². The van der Waals surface area contributed by atoms with Crippen LogP contribution in [0.3, 0.4) is 0 Å². The molecule has 1 aromatic heterocycles. The molecule has 2 N–H and O–H groups in total. The number of rotatable bonds is 7. The van der Waals surface area contributed by atoms with Crippen LogP contribution in [0.15, 0.2) is 72.8 Å². The first-order valence-corrected chi connectivity index (χ1v) is 10.8. The molecule has 33 heavy (non-hydrogen) atoms. The highest BCUT2D eigenvalue weighted by Crippen LogP contribution is 2.23. The molecular formula is C25H23ClN4O3. The number of nitrogens with zero attached hydrogens (tertiary/aromatic N) is 2. The Morgan fingerprint density at radius 3 is 2.61 bits per heavy atom. The lowest BCUT2D eigenvalue weighted by Gasteiger charge is -2.17. The Labute approximate surface area is 196 Å². The number of hydrogen-bond donors (Lipinski definition) is 2. The Morgan fingerprint density at radius 2 is 1.82 bits per heavy atom. The van der Waals surface area contributed by atoms with Crippen LogP contribution in [0.25, 0.3) is 11.0 Å². The summed E-state index contributed by atoms with van der Waals surface area (Å²) in [5, 5.41) is 6.19. The minimum atomic E-state index is -0.467. The lowest BCUT2D eigenvalue weighted by Crippen LogP contribution is -2.30. The quantitative estimate of drug-likeness (QED) is 0.412. The molecule has 0 saturated carbocycles. The molecule has 3 aromatic carbocycles. The van der Waals surface area contributed by atoms with Gasteiger partial charge in [0.2, 0.25) is 5.91 Å². The SMILES string of the molecule is COc1cccc(NC(=O)Cn2c(C(C)NC(=O)c3ccccc3Cl)nc3ccccc32)c1. The Bertz CT molecular complexity index is 1320. The number of carbonyl (C=O) groups excluding carboxylic acids is 2. The third kappa shape index (κ3) is 4.99. The number of hydrogen-bond acceptors (Lipinski definition) is 4. The number of anilines is 1. The third-order valence-electron chi connectivity index (χ3n) is 5.19. The Kier molecular flexibility index (Phi) is 6.60. The van der Waals surface area contributed by atoms with Crippen LogP contribution in [0.5, 0.6) is 5.75 Å². The van der Waals surface area contributed by atoms with Crippen LogP contribution in [0, 0.1) is 0 Å². The number of fused-ring (bicyclic) bond motifs is 1. The van der Waals surface area contributed by atoms with Gasteiger partial charge < -0.3 is 19.9 Å². The summed E-state index contributed by atoms with van der Waals surface area (Å²) in [5.41, 5.74) is 2.54. The van der Waals surface area contributed by atoms with Gasteiger partial charge in [0.25, 0.3) is 5.91 Å². The highest BCUT2D eigenvalue weighted by atomic mass is 35.5. The highest BCUT2D eigenvalue weighted by molar-refractivity contribution is 6.33. The predicted molar refractivity (Wildman–Crippen MR) is 129 cm³/mol. The van der Waals surface area contributed by atoms with Crippen molar-refractivity contribution in [3.8, 4) is 5.75 Å². The van der Waals surface area contributed by atoms with Crippen LogP contribution in [0.4, 0.5) is 5.69 Å². The fourth-order valence-electron chi connectivity index (χ4n) is 3.62. The second-order valence-electron chi connectivity index (χ2n) is 7.50. The van der Waals surface area contributed by atoms with Gasteiger partial charge in [-0.3, -0.25) is 9.59 Å². The second-order valence-corrected chi connectivity index (χ2v) is 7.91. The summed E-state index contributed by atoms with van der Waals surface area (Å²) in [5.74, 6) is 0.680. The van der Waals surface area contributed by atoms with Crippen molar-refractivity contribution in [2.75, 3.05) is 12.4 Å². The van der Waals surface area contributed by atoms with Gasteiger partial charge in [-0.05, 0) is 43.3 Å². The molecule has 0 aliphatic heterocycles. The van der Waals surface area contributed by atoms with Crippen molar-refractivity contribution in [2.24, 2.45) is 0 Å². The van der Waals surface area contributed by atoms with E-state index in [4.69, 9.17) is 16.3 Å². The first kappa shape index (κ1) is 22.4. The van der Waals surface area contributed by atoms with E-state index in [9.17, 15) is 9.59 Å². The number of benzene rings is 3. The van der Waals surface area contributed by atoms with Crippen molar-refractivity contribution in [1.29, 1.82) is 0 Å². The van der Waals surface area contributed by atoms with Crippen LogP contribution in [-0.4, -0.2) is 28.5 Å². The van der Waals surface area contributed by atoms with Crippen LogP contribution in [-0.2, 0) is 11.3 Å². The second kappa shape index (κ2) is 9.75. The van der Waals surface area contributed by atoms with E-state index in [1.54, 1.807) is 55.6 Å². The number of ether oxygens (including phenoxy) is 1. The van der Waals surface area contributed by atoms with Gasteiger partial charge in [-0.25, -0.2) is 4.98 Å². The zero-order valence-corrected chi connectivity index (χ0v) is 19.0. The van der Waals surface area contributed by atoms with Gasteiger partial charge in [-0.2, -0.15) is 0 Å². The third-order valence-corrected chi connectivity index (χ3v) is 5.52. The van der Waals surface area contributed by atoms with E-state index in [-0.39, 0.29) is 18.4 Å². The van der Waals surface area contributed by atoms with Gasteiger partial charge in [-0.1, -0.05) is 41.9 Å². The normalized spacial score (nSPS) is 11.7. The molecule has 0 spiro atoms. The largest absolute Gasteiger partial charge is 0.497 e. The van der Waals surface area contributed by atoms with E-state index in [1.165, 1.54) is 0 Å². The van der Waals surface area contributed by atoms with Crippen LogP contribution < -0.4 is 15.4 Å². The number of amides is 2. The van der Waals surface area contributed by atoms with Crippen molar-refractivity contribution >= 4 is 40.1 Å². The maximum atomic E-state index is 12.9. The number of aromatic nitrogens is 2. The van der Waals surface area contributed by atoms with Crippen molar-refractivity contribution in [3.05, 3.63) is 89.2 Å². The van der Waals surface area contributed by atoms with Gasteiger partial charge in [0.1, 0.15) is 18.1 Å². The van der Waals surface area contributed by atoms with Crippen LogP contribution >= 0.6 is 11.6 Å². The van der Waals surface area contributed by atoms with Gasteiger partial charge in [-0.15, -0.1) is 0 Å². The number of nitrogens with one attached hydrogen (secondary N) is 2. The fourth-order valence-corrected chi connectivity index (χ4v) is 3.84. The van der Waals surface area contributed by atoms with E-state index in [2.05, 4.69) is 15.6 Å². The molecule has 0 bridgehead atoms. The molecular weight excluding hydrogens is 440 g/mol. The summed E-state index contributed by atoms with van der Waals surface area (Å²) in [7, 11) is 1.57. The minimum absolute atomic E-state index is 0.0271. The number of carbonyl (C=O) groups is 2. The first-order chi connectivity index (χ1) is 16.0. The van der Waals surface area contributed by atoms with Gasteiger partial charge in [0, 0.05) is 11.8 Å². The standard InChI is InChI=1S/C25H23ClN4O3/c1-16(27-25(32)19-10-3-4-11-20(19)26)24-29-21-12-5-6-13-22(21)30(24)15-23(31)28-17-8-7-9-18(14-17)33-2/h3-14,16H,15H2,1-2H3,(H,27,32)(H,28,31). The van der Waals surface area contributed by atoms with Crippen LogP contribution in [0.2, 0.25) is 5.02 Å². The molecule has 1 atom stereocenters. The molecule has 168 valence electrons. The molecule has 0 aliphatic rings. The average molecular weight is 463 g/mol. The summed E-state index contributed by atoms with van der Waals surface area (Å²) >= 11 is 6.17. The zero-order chi connectivity index (χ0) is 23.4. The monoisotopic (exact) mass is 462 g/mol. The summed E-state index contributed by atoms with van der Waals surface area (Å²) in [4.78, 5) is 30.3. The first-order valence-electron chi connectivity index (χ1n) is 10.4. The van der Waals surface area contributed by atoms with E-state index >= 15 is 0 Å². The lowest BCUT2D eigenvalue weighted by atomic mass is 10.2. The van der Waals surface area contributed by atoms with E-state index in [0.717, 1.165) is 11.0 Å². The Balaban J connectivity index is 1.59. The maximum absolute atomic E-state index is 12.9. The summed E-state index contributed by atoms with van der Waals surface area (Å²) in [6.07, 6.45) is 0. The molecule has 4 aromatic rings. The van der Waals surface area contributed by atoms with Crippen LogP contribution in [0.1, 0.15) is 29.1 Å². The van der Waals surface area contributed by atoms with E-state index in [0.29, 0.717) is 27.8 Å². The van der Waals surface area contributed by atoms with Gasteiger partial charge in [0.15, 0.2) is 0 Å². The summed E-state index contributed by atoms with van der Waals surface area (Å²) in [6, 6.07) is 21.1. The number of methoxy groups -OCH3 is 1. The highest BCUT2D eigenvalue weighted by Gasteiger charge is 2.21. The lowest BCUT2D eigenvalue weighted by molar-refractivity contribution is -0.116. The molecule has 0 aliphatic carbocycles. The minimum Gasteiger partial charge on any atom is -0.497 e. The van der Waals surface area contributed by atoms with Gasteiger partial charge >= 0.3 is 0 Å². The molecule has 0 fully saturated rings. The van der Waals surface area contributed by atoms with Gasteiger partial charge in [0.05, 0.1) is 34.8 Å². The predicted octanol–water partition coefficient (Wildman–Crippen LogP) is 4.83. The number of para-hydroxylation sites is 2. The topological polar surface area (TPSA) is 85.2 Å². The fraction of sp³-hybridized carbons (Fsp3) is 0.160. The van der Waals surface area contributed by atoms with Crippen molar-refractivity contribution in [3.63, 3.8) is 0 Å². The molecule has 8 heteroatoms. The average Bonchev–Trinajstić information content (AvgIpc) is 3.18. The number of halogens is 1. The maximum Gasteiger partial charge on any atom is 0.253 e. The Hall–Kier alpha value is -3.84. The molecule has 7 nitrogen and oxygen atoms in total. The van der Waals surface area contributed by atoms with E-state index in [1.807, 2.05) is 35.8 Å². The Morgan fingerprint density at radius 1 is 1.06 bits per heavy atom. The molecule has 1 heterocycles. The summed E-state index contributed by atoms with van der Waals surface area (Å²) in [6.45, 7) is 1.85. The smallest absolute Gasteiger partial charge is 0.253 e. The zero-order valence-electron chi connectivity index (χ0n) is 18.2. The summed E-state index contributed by atoms with van der Waals surface area (Å²) < 4.78 is 7.02. The van der Waals surface area contributed by atoms with Crippen molar-refractivity contribution in [2.45, 2.75) is 19.5 Å². The number of imidazole rings is 1. The molecule has 1 unspecified atom stereocenters. The molecule has 2 amide bonds. The molecule has 4 rings (SSSR count). The molecule has 0 saturated heterocycles. The van der Waals surface area contributed by atoms with E-state index < -0.39 is 6.04 Å².